The smallest absolute Gasteiger partial charge is 0.129 e. The predicted octanol–water partition coefficient (Wildman–Crippen LogP) is 2.37. The summed E-state index contributed by atoms with van der Waals surface area (Å²) >= 11 is 0. The van der Waals surface area contributed by atoms with Gasteiger partial charge in [-0.3, -0.25) is 0 Å². The fourth-order valence-electron chi connectivity index (χ4n) is 0.835. The summed E-state index contributed by atoms with van der Waals surface area (Å²) in [4.78, 5) is 0. The van der Waals surface area contributed by atoms with E-state index in [0.717, 1.165) is 11.3 Å². The highest BCUT2D eigenvalue weighted by Crippen LogP contribution is 2.13. The summed E-state index contributed by atoms with van der Waals surface area (Å²) in [6, 6.07) is 1.89. The topological polar surface area (TPSA) is 33.4 Å². The standard InChI is InChI=1S/C10H14O2/c1-8-5-7-12-9(8)4-6-10(2,3)11/h4-7,11H,1-3H3/b6-4+. The minimum Gasteiger partial charge on any atom is -0.465 e. The van der Waals surface area contributed by atoms with Crippen molar-refractivity contribution in [3.05, 3.63) is 29.7 Å². The minimum atomic E-state index is -0.779. The second-order valence-corrected chi connectivity index (χ2v) is 3.45. The predicted molar refractivity (Wildman–Crippen MR) is 48.8 cm³/mol. The van der Waals surface area contributed by atoms with Crippen LogP contribution in [-0.2, 0) is 0 Å². The van der Waals surface area contributed by atoms with Crippen LogP contribution >= 0.6 is 0 Å². The molecule has 66 valence electrons. The lowest BCUT2D eigenvalue weighted by molar-refractivity contribution is 0.134. The minimum absolute atomic E-state index is 0.779. The highest BCUT2D eigenvalue weighted by Gasteiger charge is 2.06. The third-order valence-corrected chi connectivity index (χ3v) is 1.54. The molecule has 0 bridgehead atoms. The van der Waals surface area contributed by atoms with Gasteiger partial charge in [-0.15, -0.1) is 0 Å². The Morgan fingerprint density at radius 3 is 2.58 bits per heavy atom. The van der Waals surface area contributed by atoms with Gasteiger partial charge in [-0.05, 0) is 38.5 Å². The van der Waals surface area contributed by atoms with Crippen LogP contribution in [0.25, 0.3) is 6.08 Å². The molecule has 0 saturated carbocycles. The molecule has 0 atom stereocenters. The first-order valence-corrected chi connectivity index (χ1v) is 3.95. The van der Waals surface area contributed by atoms with Crippen LogP contribution in [0.5, 0.6) is 0 Å². The van der Waals surface area contributed by atoms with Crippen molar-refractivity contribution in [3.8, 4) is 0 Å². The average molecular weight is 166 g/mol. The molecular formula is C10H14O2. The van der Waals surface area contributed by atoms with E-state index in [-0.39, 0.29) is 0 Å². The van der Waals surface area contributed by atoms with Gasteiger partial charge < -0.3 is 9.52 Å². The van der Waals surface area contributed by atoms with Gasteiger partial charge in [0.05, 0.1) is 11.9 Å². The zero-order chi connectivity index (χ0) is 9.19. The normalized spacial score (nSPS) is 12.7. The molecular weight excluding hydrogens is 152 g/mol. The third kappa shape index (κ3) is 2.55. The van der Waals surface area contributed by atoms with Gasteiger partial charge in [0.25, 0.3) is 0 Å². The lowest BCUT2D eigenvalue weighted by atomic mass is 10.1. The van der Waals surface area contributed by atoms with E-state index in [9.17, 15) is 5.11 Å². The molecule has 0 aliphatic carbocycles. The first-order valence-electron chi connectivity index (χ1n) is 3.95. The van der Waals surface area contributed by atoms with Gasteiger partial charge in [0.1, 0.15) is 5.76 Å². The van der Waals surface area contributed by atoms with Crippen LogP contribution in [0.1, 0.15) is 25.2 Å². The van der Waals surface area contributed by atoms with E-state index >= 15 is 0 Å². The molecule has 1 heterocycles. The maximum absolute atomic E-state index is 9.38. The van der Waals surface area contributed by atoms with Crippen molar-refractivity contribution in [2.45, 2.75) is 26.4 Å². The van der Waals surface area contributed by atoms with Crippen LogP contribution < -0.4 is 0 Å². The Morgan fingerprint density at radius 1 is 1.50 bits per heavy atom. The Morgan fingerprint density at radius 2 is 2.17 bits per heavy atom. The van der Waals surface area contributed by atoms with Crippen molar-refractivity contribution < 1.29 is 9.52 Å². The van der Waals surface area contributed by atoms with E-state index in [1.165, 1.54) is 0 Å². The third-order valence-electron chi connectivity index (χ3n) is 1.54. The first kappa shape index (κ1) is 9.07. The Bertz CT molecular complexity index is 276. The molecule has 12 heavy (non-hydrogen) atoms. The Balaban J connectivity index is 2.77. The van der Waals surface area contributed by atoms with E-state index in [2.05, 4.69) is 0 Å². The highest BCUT2D eigenvalue weighted by atomic mass is 16.3. The van der Waals surface area contributed by atoms with E-state index in [0.29, 0.717) is 0 Å². The average Bonchev–Trinajstić information content (AvgIpc) is 2.29. The van der Waals surface area contributed by atoms with Crippen molar-refractivity contribution in [2.75, 3.05) is 0 Å². The molecule has 1 rings (SSSR count). The molecule has 0 aromatic carbocycles. The Labute approximate surface area is 72.5 Å². The van der Waals surface area contributed by atoms with Crippen molar-refractivity contribution in [1.82, 2.24) is 0 Å². The maximum Gasteiger partial charge on any atom is 0.129 e. The van der Waals surface area contributed by atoms with Gasteiger partial charge in [0.2, 0.25) is 0 Å². The zero-order valence-corrected chi connectivity index (χ0v) is 7.66. The molecule has 0 spiro atoms. The number of hydrogen-bond donors (Lipinski definition) is 1. The van der Waals surface area contributed by atoms with Crippen LogP contribution in [0.2, 0.25) is 0 Å². The van der Waals surface area contributed by atoms with Gasteiger partial charge >= 0.3 is 0 Å². The van der Waals surface area contributed by atoms with E-state index in [1.807, 2.05) is 13.0 Å². The number of aryl methyl sites for hydroxylation is 1. The lowest BCUT2D eigenvalue weighted by Gasteiger charge is -2.09. The van der Waals surface area contributed by atoms with Crippen LogP contribution in [-0.4, -0.2) is 10.7 Å². The van der Waals surface area contributed by atoms with E-state index in [4.69, 9.17) is 4.42 Å². The largest absolute Gasteiger partial charge is 0.465 e. The molecule has 1 aromatic heterocycles. The van der Waals surface area contributed by atoms with Crippen molar-refractivity contribution >= 4 is 6.08 Å². The molecule has 2 heteroatoms. The molecule has 0 aliphatic heterocycles. The molecule has 0 fully saturated rings. The molecule has 0 saturated heterocycles. The maximum atomic E-state index is 9.38. The summed E-state index contributed by atoms with van der Waals surface area (Å²) in [6.07, 6.45) is 5.13. The monoisotopic (exact) mass is 166 g/mol. The molecule has 2 nitrogen and oxygen atoms in total. The second kappa shape index (κ2) is 3.15. The fourth-order valence-corrected chi connectivity index (χ4v) is 0.835. The van der Waals surface area contributed by atoms with Crippen LogP contribution in [0.15, 0.2) is 22.8 Å². The summed E-state index contributed by atoms with van der Waals surface area (Å²) in [7, 11) is 0. The molecule has 0 radical (unpaired) electrons. The summed E-state index contributed by atoms with van der Waals surface area (Å²) in [5.74, 6) is 0.803. The summed E-state index contributed by atoms with van der Waals surface area (Å²) in [6.45, 7) is 5.41. The molecule has 1 N–H and O–H groups in total. The van der Waals surface area contributed by atoms with Crippen LogP contribution in [0, 0.1) is 6.92 Å². The Hall–Kier alpha value is -1.02. The van der Waals surface area contributed by atoms with Crippen molar-refractivity contribution in [2.24, 2.45) is 0 Å². The summed E-state index contributed by atoms with van der Waals surface area (Å²) < 4.78 is 5.16. The SMILES string of the molecule is Cc1ccoc1/C=C/C(C)(C)O. The van der Waals surface area contributed by atoms with E-state index < -0.39 is 5.60 Å². The Kier molecular flexibility index (Phi) is 2.38. The van der Waals surface area contributed by atoms with Gasteiger partial charge in [-0.25, -0.2) is 0 Å². The number of hydrogen-bond acceptors (Lipinski definition) is 2. The van der Waals surface area contributed by atoms with Crippen LogP contribution in [0.3, 0.4) is 0 Å². The number of rotatable bonds is 2. The molecule has 1 aromatic rings. The van der Waals surface area contributed by atoms with Gasteiger partial charge in [0, 0.05) is 0 Å². The van der Waals surface area contributed by atoms with Crippen LogP contribution in [0.4, 0.5) is 0 Å². The van der Waals surface area contributed by atoms with Gasteiger partial charge in [-0.1, -0.05) is 6.08 Å². The van der Waals surface area contributed by atoms with Gasteiger partial charge in [-0.2, -0.15) is 0 Å². The zero-order valence-electron chi connectivity index (χ0n) is 7.66. The first-order chi connectivity index (χ1) is 5.49. The molecule has 0 aliphatic rings. The van der Waals surface area contributed by atoms with Gasteiger partial charge in [0.15, 0.2) is 0 Å². The van der Waals surface area contributed by atoms with Crippen molar-refractivity contribution in [1.29, 1.82) is 0 Å². The number of furan rings is 1. The second-order valence-electron chi connectivity index (χ2n) is 3.45. The molecule has 0 unspecified atom stereocenters. The molecule has 0 amide bonds. The fraction of sp³-hybridized carbons (Fsp3) is 0.400. The quantitative estimate of drug-likeness (QED) is 0.731. The number of aliphatic hydroxyl groups is 1. The van der Waals surface area contributed by atoms with E-state index in [1.54, 1.807) is 32.3 Å². The summed E-state index contributed by atoms with van der Waals surface area (Å²) in [5.41, 5.74) is 0.301. The highest BCUT2D eigenvalue weighted by molar-refractivity contribution is 5.48. The lowest BCUT2D eigenvalue weighted by Crippen LogP contribution is -2.13. The summed E-state index contributed by atoms with van der Waals surface area (Å²) in [5, 5.41) is 9.38. The van der Waals surface area contributed by atoms with Crippen molar-refractivity contribution in [3.63, 3.8) is 0 Å².